The predicted octanol–water partition coefficient (Wildman–Crippen LogP) is 4.75. The average molecular weight is 498 g/mol. The summed E-state index contributed by atoms with van der Waals surface area (Å²) in [6, 6.07) is 15.8. The van der Waals surface area contributed by atoms with Crippen molar-refractivity contribution in [2.75, 3.05) is 19.6 Å². The van der Waals surface area contributed by atoms with Crippen molar-refractivity contribution < 1.29 is 4.39 Å². The van der Waals surface area contributed by atoms with Gasteiger partial charge >= 0.3 is 0 Å². The summed E-state index contributed by atoms with van der Waals surface area (Å²) in [5.41, 5.74) is 12.7. The second-order valence-corrected chi connectivity index (χ2v) is 8.84. The van der Waals surface area contributed by atoms with Gasteiger partial charge in [-0.3, -0.25) is 14.4 Å². The van der Waals surface area contributed by atoms with E-state index in [0.717, 1.165) is 28.9 Å². The lowest BCUT2D eigenvalue weighted by Crippen LogP contribution is -2.31. The molecule has 3 N–H and O–H groups in total. The van der Waals surface area contributed by atoms with Crippen LogP contribution in [-0.2, 0) is 0 Å². The van der Waals surface area contributed by atoms with Gasteiger partial charge in [0.25, 0.3) is 0 Å². The molecule has 5 aromatic rings. The minimum Gasteiger partial charge on any atom is -0.404 e. The summed E-state index contributed by atoms with van der Waals surface area (Å²) in [5, 5.41) is 3.75. The van der Waals surface area contributed by atoms with E-state index >= 15 is 0 Å². The number of hydrogen-bond donors (Lipinski definition) is 2. The summed E-state index contributed by atoms with van der Waals surface area (Å²) in [6.45, 7) is 2.19. The van der Waals surface area contributed by atoms with E-state index in [-0.39, 0.29) is 0 Å². The smallest absolute Gasteiger partial charge is 0.137 e. The van der Waals surface area contributed by atoms with Crippen molar-refractivity contribution in [3.05, 3.63) is 89.6 Å². The third kappa shape index (κ3) is 3.90. The Morgan fingerprint density at radius 1 is 1.08 bits per heavy atom. The van der Waals surface area contributed by atoms with Crippen LogP contribution in [0.1, 0.15) is 5.56 Å². The van der Waals surface area contributed by atoms with Crippen LogP contribution >= 0.6 is 11.6 Å². The van der Waals surface area contributed by atoms with Crippen LogP contribution in [0.25, 0.3) is 44.9 Å². The van der Waals surface area contributed by atoms with Crippen molar-refractivity contribution in [1.82, 2.24) is 24.7 Å². The van der Waals surface area contributed by atoms with Crippen molar-refractivity contribution in [2.24, 2.45) is 10.7 Å². The summed E-state index contributed by atoms with van der Waals surface area (Å²) < 4.78 is 16.8. The summed E-state index contributed by atoms with van der Waals surface area (Å²) in [7, 11) is 0. The summed E-state index contributed by atoms with van der Waals surface area (Å²) in [5.74, 6) is -0.409. The number of hydrogen-bond acceptors (Lipinski definition) is 6. The van der Waals surface area contributed by atoms with E-state index in [9.17, 15) is 4.39 Å². The van der Waals surface area contributed by atoms with Gasteiger partial charge in [0.1, 0.15) is 17.2 Å². The van der Waals surface area contributed by atoms with Crippen LogP contribution in [0.4, 0.5) is 4.39 Å². The first kappa shape index (κ1) is 22.3. The fourth-order valence-corrected chi connectivity index (χ4v) is 4.64. The molecule has 5 heterocycles. The second kappa shape index (κ2) is 9.14. The Morgan fingerprint density at radius 3 is 2.83 bits per heavy atom. The average Bonchev–Trinajstić information content (AvgIpc) is 3.30. The number of nitrogens with zero attached hydrogens (tertiary/aromatic N) is 5. The van der Waals surface area contributed by atoms with Gasteiger partial charge in [-0.05, 0) is 48.5 Å². The highest BCUT2D eigenvalue weighted by Gasteiger charge is 2.21. The van der Waals surface area contributed by atoms with E-state index in [1.807, 2.05) is 47.0 Å². The molecule has 0 saturated carbocycles. The molecule has 178 valence electrons. The van der Waals surface area contributed by atoms with Crippen molar-refractivity contribution in [2.45, 2.75) is 0 Å². The van der Waals surface area contributed by atoms with Crippen molar-refractivity contribution in [3.8, 4) is 22.6 Å². The number of aromatic nitrogens is 4. The SMILES string of the molecule is N/C=C(\C1=NCCNC1)c1cnc2ccc(-c3c(-c4cc(Cl)ccc4F)nc4ccccn34)nc2c1. The maximum Gasteiger partial charge on any atom is 0.137 e. The number of aliphatic imine (C=N–C) groups is 1. The Labute approximate surface area is 211 Å². The molecule has 0 amide bonds. The van der Waals surface area contributed by atoms with Crippen LogP contribution in [0.3, 0.4) is 0 Å². The van der Waals surface area contributed by atoms with E-state index in [4.69, 9.17) is 27.3 Å². The van der Waals surface area contributed by atoms with E-state index in [0.29, 0.717) is 51.9 Å². The van der Waals surface area contributed by atoms with Gasteiger partial charge in [-0.2, -0.15) is 0 Å². The molecule has 6 rings (SSSR count). The van der Waals surface area contributed by atoms with E-state index in [2.05, 4.69) is 15.3 Å². The van der Waals surface area contributed by atoms with Crippen LogP contribution in [-0.4, -0.2) is 44.7 Å². The molecule has 36 heavy (non-hydrogen) atoms. The van der Waals surface area contributed by atoms with Gasteiger partial charge < -0.3 is 11.1 Å². The third-order valence-electron chi connectivity index (χ3n) is 6.17. The lowest BCUT2D eigenvalue weighted by molar-refractivity contribution is 0.631. The lowest BCUT2D eigenvalue weighted by atomic mass is 10.0. The van der Waals surface area contributed by atoms with Gasteiger partial charge in [-0.1, -0.05) is 17.7 Å². The molecule has 1 aliphatic rings. The van der Waals surface area contributed by atoms with Gasteiger partial charge in [0.15, 0.2) is 0 Å². The van der Waals surface area contributed by atoms with Gasteiger partial charge in [0.05, 0.1) is 34.7 Å². The molecule has 0 unspecified atom stereocenters. The maximum absolute atomic E-state index is 14.9. The molecule has 1 aromatic carbocycles. The zero-order valence-corrected chi connectivity index (χ0v) is 19.9. The number of benzene rings is 1. The molecule has 0 bridgehead atoms. The molecule has 0 aliphatic carbocycles. The maximum atomic E-state index is 14.9. The lowest BCUT2D eigenvalue weighted by Gasteiger charge is -2.16. The zero-order valence-electron chi connectivity index (χ0n) is 19.1. The van der Waals surface area contributed by atoms with E-state index < -0.39 is 5.82 Å². The van der Waals surface area contributed by atoms with Crippen LogP contribution in [0.2, 0.25) is 5.02 Å². The number of nitrogens with two attached hydrogens (primary N) is 1. The largest absolute Gasteiger partial charge is 0.404 e. The monoisotopic (exact) mass is 497 g/mol. The summed E-state index contributed by atoms with van der Waals surface area (Å²) >= 11 is 6.21. The summed E-state index contributed by atoms with van der Waals surface area (Å²) in [4.78, 5) is 18.9. The predicted molar refractivity (Wildman–Crippen MR) is 141 cm³/mol. The van der Waals surface area contributed by atoms with Crippen LogP contribution < -0.4 is 11.1 Å². The van der Waals surface area contributed by atoms with Gasteiger partial charge in [-0.15, -0.1) is 0 Å². The highest BCUT2D eigenvalue weighted by Crippen LogP contribution is 2.35. The highest BCUT2D eigenvalue weighted by molar-refractivity contribution is 6.30. The number of nitrogens with one attached hydrogen (secondary N) is 1. The Kier molecular flexibility index (Phi) is 5.67. The first-order valence-electron chi connectivity index (χ1n) is 11.5. The number of rotatable bonds is 4. The number of fused-ring (bicyclic) bond motifs is 2. The molecular weight excluding hydrogens is 477 g/mol. The van der Waals surface area contributed by atoms with E-state index in [1.165, 1.54) is 12.1 Å². The normalized spacial score (nSPS) is 14.4. The van der Waals surface area contributed by atoms with Crippen molar-refractivity contribution in [3.63, 3.8) is 0 Å². The number of halogens is 2. The second-order valence-electron chi connectivity index (χ2n) is 8.41. The third-order valence-corrected chi connectivity index (χ3v) is 6.40. The fraction of sp³-hybridized carbons (Fsp3) is 0.111. The topological polar surface area (TPSA) is 93.5 Å². The Morgan fingerprint density at radius 2 is 2.00 bits per heavy atom. The first-order valence-corrected chi connectivity index (χ1v) is 11.9. The quantitative estimate of drug-likeness (QED) is 0.374. The fourth-order valence-electron chi connectivity index (χ4n) is 4.47. The molecule has 9 heteroatoms. The summed E-state index contributed by atoms with van der Waals surface area (Å²) in [6.07, 6.45) is 5.22. The molecule has 7 nitrogen and oxygen atoms in total. The van der Waals surface area contributed by atoms with E-state index in [1.54, 1.807) is 18.5 Å². The molecule has 0 fully saturated rings. The minimum atomic E-state index is -0.409. The molecule has 0 saturated heterocycles. The van der Waals surface area contributed by atoms with Crippen LogP contribution in [0, 0.1) is 5.82 Å². The van der Waals surface area contributed by atoms with Crippen LogP contribution in [0.5, 0.6) is 0 Å². The number of pyridine rings is 3. The van der Waals surface area contributed by atoms with Gasteiger partial charge in [-0.25, -0.2) is 14.4 Å². The van der Waals surface area contributed by atoms with Crippen LogP contribution in [0.15, 0.2) is 78.2 Å². The zero-order chi connectivity index (χ0) is 24.6. The first-order chi connectivity index (χ1) is 17.6. The molecule has 0 spiro atoms. The molecule has 0 radical (unpaired) electrons. The molecule has 1 aliphatic heterocycles. The Hall–Kier alpha value is -4.14. The Balaban J connectivity index is 1.54. The van der Waals surface area contributed by atoms with Gasteiger partial charge in [0, 0.05) is 53.4 Å². The number of imidazole rings is 1. The standard InChI is InChI=1S/C27H21ClFN7/c28-17-4-5-20(29)18(12-17)26-27(36-10-2-1-3-25(36)35-26)22-7-6-21-23(34-22)11-16(14-33-21)19(13-30)24-15-31-8-9-32-24/h1-7,10-14,31H,8-9,15,30H2/b19-13-. The molecule has 4 aromatic heterocycles. The Bertz CT molecular complexity index is 1690. The molecule has 0 atom stereocenters. The minimum absolute atomic E-state index is 0.311. The van der Waals surface area contributed by atoms with Crippen molar-refractivity contribution in [1.29, 1.82) is 0 Å². The molecular formula is C27H21ClFN7. The van der Waals surface area contributed by atoms with Gasteiger partial charge in [0.2, 0.25) is 0 Å². The highest BCUT2D eigenvalue weighted by atomic mass is 35.5. The van der Waals surface area contributed by atoms with Crippen molar-refractivity contribution >= 4 is 39.6 Å².